The van der Waals surface area contributed by atoms with Crippen molar-refractivity contribution in [3.8, 4) is 34.7 Å². The van der Waals surface area contributed by atoms with Crippen molar-refractivity contribution < 1.29 is 19.5 Å². The van der Waals surface area contributed by atoms with Crippen LogP contribution in [0.1, 0.15) is 36.1 Å². The van der Waals surface area contributed by atoms with E-state index >= 15 is 0 Å². The van der Waals surface area contributed by atoms with Crippen LogP contribution in [0.4, 0.5) is 0 Å². The van der Waals surface area contributed by atoms with E-state index in [9.17, 15) is 10.4 Å². The largest absolute Gasteiger partial charge is 0.490 e. The van der Waals surface area contributed by atoms with Gasteiger partial charge in [-0.25, -0.2) is 0 Å². The molecule has 0 radical (unpaired) electrons. The van der Waals surface area contributed by atoms with Gasteiger partial charge in [0.1, 0.15) is 11.8 Å². The van der Waals surface area contributed by atoms with Gasteiger partial charge in [0.05, 0.1) is 24.4 Å². The Morgan fingerprint density at radius 1 is 1.26 bits per heavy atom. The average molecular weight is 485 g/mol. The van der Waals surface area contributed by atoms with Gasteiger partial charge in [-0.3, -0.25) is 4.90 Å². The van der Waals surface area contributed by atoms with Crippen molar-refractivity contribution in [1.29, 1.82) is 5.26 Å². The lowest BCUT2D eigenvalue weighted by Gasteiger charge is -2.31. The van der Waals surface area contributed by atoms with Crippen LogP contribution in [0.5, 0.6) is 5.75 Å². The summed E-state index contributed by atoms with van der Waals surface area (Å²) in [5.74, 6) is 1.38. The first-order valence-electron chi connectivity index (χ1n) is 11.1. The number of ether oxygens (including phenoxy) is 1. The zero-order valence-corrected chi connectivity index (χ0v) is 20.3. The molecule has 0 fully saturated rings. The van der Waals surface area contributed by atoms with Gasteiger partial charge in [-0.1, -0.05) is 17.3 Å². The minimum atomic E-state index is -0.725. The summed E-state index contributed by atoms with van der Waals surface area (Å²) in [5.41, 5.74) is 5.57. The normalized spacial score (nSPS) is 14.3. The minimum Gasteiger partial charge on any atom is -0.490 e. The molecule has 34 heavy (non-hydrogen) atoms. The summed E-state index contributed by atoms with van der Waals surface area (Å²) in [4.78, 5) is 6.74. The number of nitriles is 1. The molecular formula is C25H29ClN4O4. The van der Waals surface area contributed by atoms with Crippen molar-refractivity contribution in [2.75, 3.05) is 19.7 Å². The molecular weight excluding hydrogens is 456 g/mol. The van der Waals surface area contributed by atoms with Gasteiger partial charge < -0.3 is 19.5 Å². The summed E-state index contributed by atoms with van der Waals surface area (Å²) in [5, 5.41) is 32.5. The van der Waals surface area contributed by atoms with Crippen molar-refractivity contribution in [2.24, 2.45) is 0 Å². The number of benzene rings is 2. The van der Waals surface area contributed by atoms with Gasteiger partial charge in [0.2, 0.25) is 5.82 Å². The Balaban J connectivity index is 0.00000324. The highest BCUT2D eigenvalue weighted by atomic mass is 35.5. The van der Waals surface area contributed by atoms with E-state index in [1.54, 1.807) is 12.1 Å². The lowest BCUT2D eigenvalue weighted by Crippen LogP contribution is -2.38. The van der Waals surface area contributed by atoms with Crippen molar-refractivity contribution in [3.63, 3.8) is 0 Å². The molecule has 0 amide bonds. The Morgan fingerprint density at radius 2 is 2.06 bits per heavy atom. The SMILES string of the molecule is Cc1c(-c2noc(-c3ccc(OC(C)C)c(C#N)c3)n2)ccc2c1CCN(C[C@H](O)CO)C2.Cl. The monoisotopic (exact) mass is 484 g/mol. The first-order valence-corrected chi connectivity index (χ1v) is 11.1. The predicted molar refractivity (Wildman–Crippen MR) is 130 cm³/mol. The summed E-state index contributed by atoms with van der Waals surface area (Å²) in [6.07, 6.45) is 0.0924. The molecule has 1 aromatic heterocycles. The minimum absolute atomic E-state index is 0. The van der Waals surface area contributed by atoms with Crippen LogP contribution in [-0.2, 0) is 13.0 Å². The smallest absolute Gasteiger partial charge is 0.258 e. The van der Waals surface area contributed by atoms with Gasteiger partial charge in [0, 0.05) is 30.8 Å². The summed E-state index contributed by atoms with van der Waals surface area (Å²) in [6.45, 7) is 7.66. The number of β-amino-alcohol motifs (C(OH)–C–C–N with tert-alkyl or cyclic N) is 1. The summed E-state index contributed by atoms with van der Waals surface area (Å²) >= 11 is 0. The van der Waals surface area contributed by atoms with Gasteiger partial charge in [-0.15, -0.1) is 12.4 Å². The topological polar surface area (TPSA) is 116 Å². The number of fused-ring (bicyclic) bond motifs is 1. The van der Waals surface area contributed by atoms with Gasteiger partial charge >= 0.3 is 0 Å². The fourth-order valence-electron chi connectivity index (χ4n) is 4.21. The number of aliphatic hydroxyl groups is 2. The Labute approximate surface area is 205 Å². The van der Waals surface area contributed by atoms with E-state index in [-0.39, 0.29) is 25.1 Å². The molecule has 4 rings (SSSR count). The highest BCUT2D eigenvalue weighted by molar-refractivity contribution is 5.85. The van der Waals surface area contributed by atoms with Crippen LogP contribution in [0.2, 0.25) is 0 Å². The molecule has 3 aromatic rings. The van der Waals surface area contributed by atoms with Crippen LogP contribution in [0.25, 0.3) is 22.8 Å². The van der Waals surface area contributed by atoms with Crippen LogP contribution in [-0.4, -0.2) is 57.2 Å². The number of aliphatic hydroxyl groups excluding tert-OH is 2. The van der Waals surface area contributed by atoms with Gasteiger partial charge in [0.15, 0.2) is 0 Å². The Morgan fingerprint density at radius 3 is 2.76 bits per heavy atom. The predicted octanol–water partition coefficient (Wildman–Crippen LogP) is 3.50. The first kappa shape index (κ1) is 25.7. The van der Waals surface area contributed by atoms with Crippen molar-refractivity contribution in [3.05, 3.63) is 52.6 Å². The number of halogens is 1. The highest BCUT2D eigenvalue weighted by Gasteiger charge is 2.23. The van der Waals surface area contributed by atoms with E-state index in [1.807, 2.05) is 26.0 Å². The van der Waals surface area contributed by atoms with Crippen LogP contribution < -0.4 is 4.74 Å². The standard InChI is InChI=1S/C25H28N4O4.ClH/c1-15(2)32-23-7-5-17(10-19(23)11-26)25-27-24(28-33-25)22-6-4-18-12-29(13-20(31)14-30)9-8-21(18)16(22)3;/h4-7,10,15,20,30-31H,8-9,12-14H2,1-3H3;1H/t20-;/m0./s1. The molecule has 1 aliphatic heterocycles. The lowest BCUT2D eigenvalue weighted by molar-refractivity contribution is 0.0551. The average Bonchev–Trinajstić information content (AvgIpc) is 3.29. The Kier molecular flexibility index (Phi) is 8.28. The molecule has 2 N–H and O–H groups in total. The molecule has 0 aliphatic carbocycles. The number of hydrogen-bond donors (Lipinski definition) is 2. The van der Waals surface area contributed by atoms with E-state index in [1.165, 1.54) is 11.1 Å². The van der Waals surface area contributed by atoms with Gasteiger partial charge in [0.25, 0.3) is 5.89 Å². The van der Waals surface area contributed by atoms with Crippen LogP contribution in [0, 0.1) is 18.3 Å². The van der Waals surface area contributed by atoms with Crippen LogP contribution in [0.15, 0.2) is 34.9 Å². The molecule has 9 heteroatoms. The molecule has 0 saturated carbocycles. The fourth-order valence-corrected chi connectivity index (χ4v) is 4.21. The number of hydrogen-bond acceptors (Lipinski definition) is 8. The lowest BCUT2D eigenvalue weighted by atomic mass is 9.91. The number of rotatable bonds is 7. The maximum Gasteiger partial charge on any atom is 0.258 e. The van der Waals surface area contributed by atoms with E-state index in [0.717, 1.165) is 30.6 Å². The first-order chi connectivity index (χ1) is 15.9. The molecule has 0 unspecified atom stereocenters. The third-order valence-corrected chi connectivity index (χ3v) is 5.82. The van der Waals surface area contributed by atoms with Crippen LogP contribution >= 0.6 is 12.4 Å². The highest BCUT2D eigenvalue weighted by Crippen LogP contribution is 2.32. The molecule has 8 nitrogen and oxygen atoms in total. The second-order valence-corrected chi connectivity index (χ2v) is 8.61. The molecule has 2 heterocycles. The molecule has 2 aromatic carbocycles. The molecule has 1 atom stereocenters. The molecule has 0 saturated heterocycles. The molecule has 0 bridgehead atoms. The zero-order chi connectivity index (χ0) is 23.5. The second-order valence-electron chi connectivity index (χ2n) is 8.61. The third-order valence-electron chi connectivity index (χ3n) is 5.82. The number of nitrogens with zero attached hydrogens (tertiary/aromatic N) is 4. The van der Waals surface area contributed by atoms with Crippen molar-refractivity contribution in [2.45, 2.75) is 45.9 Å². The molecule has 0 spiro atoms. The van der Waals surface area contributed by atoms with Crippen molar-refractivity contribution >= 4 is 12.4 Å². The molecule has 180 valence electrons. The van der Waals surface area contributed by atoms with E-state index in [4.69, 9.17) is 14.4 Å². The van der Waals surface area contributed by atoms with E-state index < -0.39 is 6.10 Å². The Bertz CT molecular complexity index is 1190. The maximum atomic E-state index is 9.74. The fraction of sp³-hybridized carbons (Fsp3) is 0.400. The maximum absolute atomic E-state index is 9.74. The second kappa shape index (κ2) is 11.0. The zero-order valence-electron chi connectivity index (χ0n) is 19.5. The van der Waals surface area contributed by atoms with Gasteiger partial charge in [-0.05, 0) is 62.1 Å². The van der Waals surface area contributed by atoms with E-state index in [0.29, 0.717) is 35.1 Å². The molecule has 1 aliphatic rings. The van der Waals surface area contributed by atoms with Gasteiger partial charge in [-0.2, -0.15) is 10.2 Å². The van der Waals surface area contributed by atoms with E-state index in [2.05, 4.69) is 34.1 Å². The Hall–Kier alpha value is -2.96. The summed E-state index contributed by atoms with van der Waals surface area (Å²) < 4.78 is 11.2. The number of aromatic nitrogens is 2. The summed E-state index contributed by atoms with van der Waals surface area (Å²) in [7, 11) is 0. The van der Waals surface area contributed by atoms with Crippen LogP contribution in [0.3, 0.4) is 0 Å². The van der Waals surface area contributed by atoms with Crippen molar-refractivity contribution in [1.82, 2.24) is 15.0 Å². The third kappa shape index (κ3) is 5.40. The quantitative estimate of drug-likeness (QED) is 0.523. The summed E-state index contributed by atoms with van der Waals surface area (Å²) in [6, 6.07) is 11.5.